The summed E-state index contributed by atoms with van der Waals surface area (Å²) in [6.07, 6.45) is 7.30. The lowest BCUT2D eigenvalue weighted by atomic mass is 9.95. The van der Waals surface area contributed by atoms with Crippen molar-refractivity contribution in [1.82, 2.24) is 20.0 Å². The molecule has 1 aromatic carbocycles. The van der Waals surface area contributed by atoms with Gasteiger partial charge in [0.15, 0.2) is 5.82 Å². The third-order valence-corrected chi connectivity index (χ3v) is 7.80. The lowest BCUT2D eigenvalue weighted by molar-refractivity contribution is -0.0499. The molecule has 210 valence electrons. The van der Waals surface area contributed by atoms with Crippen molar-refractivity contribution in [2.75, 3.05) is 45.3 Å². The summed E-state index contributed by atoms with van der Waals surface area (Å²) in [5.41, 5.74) is 11.1. The summed E-state index contributed by atoms with van der Waals surface area (Å²) >= 11 is 0. The average molecular weight is 542 g/mol. The van der Waals surface area contributed by atoms with Crippen LogP contribution in [0.2, 0.25) is 0 Å². The molecule has 1 aromatic heterocycles. The van der Waals surface area contributed by atoms with Gasteiger partial charge in [-0.3, -0.25) is 9.67 Å². The second kappa shape index (κ2) is 11.6. The van der Waals surface area contributed by atoms with Gasteiger partial charge in [0, 0.05) is 99.9 Å². The number of alkyl halides is 2. The molecule has 1 fully saturated rings. The van der Waals surface area contributed by atoms with Crippen molar-refractivity contribution >= 4 is 23.3 Å². The van der Waals surface area contributed by atoms with Crippen molar-refractivity contribution in [3.8, 4) is 5.75 Å². The normalized spacial score (nSPS) is 18.4. The van der Waals surface area contributed by atoms with Crippen molar-refractivity contribution < 1.29 is 18.3 Å². The van der Waals surface area contributed by atoms with Crippen LogP contribution in [0.5, 0.6) is 5.75 Å². The third kappa shape index (κ3) is 5.32. The Morgan fingerprint density at radius 1 is 1.28 bits per heavy atom. The molecule has 11 heteroatoms. The van der Waals surface area contributed by atoms with Gasteiger partial charge in [-0.15, -0.1) is 0 Å². The van der Waals surface area contributed by atoms with Crippen LogP contribution < -0.4 is 20.7 Å². The zero-order valence-electron chi connectivity index (χ0n) is 22.6. The molecule has 9 nitrogen and oxygen atoms in total. The summed E-state index contributed by atoms with van der Waals surface area (Å²) in [4.78, 5) is 8.43. The Bertz CT molecular complexity index is 1270. The third-order valence-electron chi connectivity index (χ3n) is 7.80. The van der Waals surface area contributed by atoms with Gasteiger partial charge in [0.1, 0.15) is 5.75 Å². The summed E-state index contributed by atoms with van der Waals surface area (Å²) in [6.45, 7) is 4.89. The number of nitrogens with one attached hydrogen (secondary N) is 1. The Labute approximate surface area is 227 Å². The van der Waals surface area contributed by atoms with Crippen molar-refractivity contribution in [2.24, 2.45) is 10.7 Å². The number of anilines is 2. The van der Waals surface area contributed by atoms with Crippen molar-refractivity contribution in [3.05, 3.63) is 53.1 Å². The molecule has 3 aliphatic rings. The Kier molecular flexibility index (Phi) is 8.06. The van der Waals surface area contributed by atoms with Crippen molar-refractivity contribution in [1.29, 1.82) is 0 Å². The predicted molar refractivity (Wildman–Crippen MR) is 149 cm³/mol. The average Bonchev–Trinajstić information content (AvgIpc) is 3.34. The number of benzene rings is 1. The summed E-state index contributed by atoms with van der Waals surface area (Å²) < 4.78 is 39.9. The maximum absolute atomic E-state index is 13.5. The molecule has 0 unspecified atom stereocenters. The first-order chi connectivity index (χ1) is 18.9. The molecule has 4 heterocycles. The number of aliphatic imine (C=N–C) groups is 1. The van der Waals surface area contributed by atoms with E-state index < -0.39 is 6.61 Å². The summed E-state index contributed by atoms with van der Waals surface area (Å²) in [5, 5.41) is 8.39. The molecule has 0 aliphatic carbocycles. The van der Waals surface area contributed by atoms with E-state index in [9.17, 15) is 8.78 Å². The first-order valence-electron chi connectivity index (χ1n) is 13.5. The number of nitrogens with zero attached hydrogens (tertiary/aromatic N) is 5. The van der Waals surface area contributed by atoms with Crippen LogP contribution in [0.4, 0.5) is 20.3 Å². The summed E-state index contributed by atoms with van der Waals surface area (Å²) in [7, 11) is 3.49. The first kappa shape index (κ1) is 27.0. The number of nitrogens with two attached hydrogens (primary N) is 1. The zero-order valence-corrected chi connectivity index (χ0v) is 22.6. The number of hydrogen-bond donors (Lipinski definition) is 2. The number of aryl methyl sites for hydroxylation is 1. The minimum absolute atomic E-state index is 0.0650. The smallest absolute Gasteiger partial charge is 0.387 e. The molecule has 0 radical (unpaired) electrons. The maximum Gasteiger partial charge on any atom is 0.387 e. The highest BCUT2D eigenvalue weighted by molar-refractivity contribution is 6.11. The van der Waals surface area contributed by atoms with Crippen LogP contribution in [0, 0.1) is 0 Å². The SMILES string of the molecule is C=C(NC)N1CCc2c(c(N3CCCc4cc(C(C=NC)=CN)c(OC(F)F)cc43)nn2C2CCOCC2)C1. The van der Waals surface area contributed by atoms with Crippen molar-refractivity contribution in [3.63, 3.8) is 0 Å². The van der Waals surface area contributed by atoms with Crippen LogP contribution in [0.25, 0.3) is 5.57 Å². The van der Waals surface area contributed by atoms with E-state index >= 15 is 0 Å². The van der Waals surface area contributed by atoms with Gasteiger partial charge < -0.3 is 30.3 Å². The van der Waals surface area contributed by atoms with Gasteiger partial charge in [-0.2, -0.15) is 13.9 Å². The van der Waals surface area contributed by atoms with Crippen LogP contribution in [0.15, 0.2) is 35.7 Å². The van der Waals surface area contributed by atoms with Crippen molar-refractivity contribution in [2.45, 2.75) is 51.3 Å². The number of halogens is 2. The Balaban J connectivity index is 1.62. The van der Waals surface area contributed by atoms with Crippen LogP contribution in [-0.4, -0.2) is 67.9 Å². The van der Waals surface area contributed by atoms with E-state index in [-0.39, 0.29) is 11.8 Å². The topological polar surface area (TPSA) is 93.2 Å². The lowest BCUT2D eigenvalue weighted by Gasteiger charge is -2.34. The highest BCUT2D eigenvalue weighted by Gasteiger charge is 2.33. The highest BCUT2D eigenvalue weighted by Crippen LogP contribution is 2.43. The summed E-state index contributed by atoms with van der Waals surface area (Å²) in [6, 6.07) is 3.88. The molecule has 39 heavy (non-hydrogen) atoms. The van der Waals surface area contributed by atoms with E-state index in [1.807, 2.05) is 13.1 Å². The number of allylic oxidation sites excluding steroid dienone is 1. The molecule has 1 saturated heterocycles. The fourth-order valence-electron chi connectivity index (χ4n) is 5.86. The second-order valence-corrected chi connectivity index (χ2v) is 10.0. The Morgan fingerprint density at radius 2 is 2.08 bits per heavy atom. The van der Waals surface area contributed by atoms with Gasteiger partial charge in [0.05, 0.1) is 11.9 Å². The highest BCUT2D eigenvalue weighted by atomic mass is 19.3. The predicted octanol–water partition coefficient (Wildman–Crippen LogP) is 3.97. The van der Waals surface area contributed by atoms with Gasteiger partial charge in [0.25, 0.3) is 0 Å². The molecule has 0 saturated carbocycles. The van der Waals surface area contributed by atoms with Gasteiger partial charge in [-0.25, -0.2) is 0 Å². The standard InChI is InChI=1S/C28H37F2N7O2/c1-18(33-3)35-10-6-24-23(17-35)27(34-37(24)21-7-11-38-12-8-21)36-9-4-5-19-13-22(20(15-31)16-32-2)26(14-25(19)36)39-28(29)30/h13-16,21,28,33H,1,4-12,17,31H2,2-3H3. The number of rotatable bonds is 8. The monoisotopic (exact) mass is 541 g/mol. The minimum Gasteiger partial charge on any atom is -0.434 e. The Hall–Kier alpha value is -3.60. The molecular formula is C28H37F2N7O2. The van der Waals surface area contributed by atoms with Gasteiger partial charge in [-0.05, 0) is 37.3 Å². The quantitative estimate of drug-likeness (QED) is 0.489. The second-order valence-electron chi connectivity index (χ2n) is 10.0. The molecule has 3 N–H and O–H groups in total. The fraction of sp³-hybridized carbons (Fsp3) is 0.500. The van der Waals surface area contributed by atoms with Gasteiger partial charge >= 0.3 is 6.61 Å². The van der Waals surface area contributed by atoms with E-state index in [2.05, 4.69) is 31.4 Å². The number of aromatic nitrogens is 2. The number of hydrogen-bond acceptors (Lipinski definition) is 8. The van der Waals surface area contributed by atoms with Crippen LogP contribution in [0.3, 0.4) is 0 Å². The van der Waals surface area contributed by atoms with Gasteiger partial charge in [-0.1, -0.05) is 6.58 Å². The number of fused-ring (bicyclic) bond motifs is 2. The summed E-state index contributed by atoms with van der Waals surface area (Å²) in [5.74, 6) is 1.79. The molecule has 0 amide bonds. The van der Waals surface area contributed by atoms with E-state index in [0.717, 1.165) is 86.9 Å². The van der Waals surface area contributed by atoms with Crippen LogP contribution >= 0.6 is 0 Å². The van der Waals surface area contributed by atoms with E-state index in [0.29, 0.717) is 17.7 Å². The van der Waals surface area contributed by atoms with E-state index in [1.165, 1.54) is 11.9 Å². The first-order valence-corrected chi connectivity index (χ1v) is 13.5. The maximum atomic E-state index is 13.5. The van der Waals surface area contributed by atoms with Crippen LogP contribution in [-0.2, 0) is 24.1 Å². The zero-order chi connectivity index (χ0) is 27.5. The van der Waals surface area contributed by atoms with Gasteiger partial charge in [0.2, 0.25) is 0 Å². The Morgan fingerprint density at radius 3 is 2.77 bits per heavy atom. The molecule has 3 aliphatic heterocycles. The molecule has 2 aromatic rings. The van der Waals surface area contributed by atoms with E-state index in [1.54, 1.807) is 19.3 Å². The fourth-order valence-corrected chi connectivity index (χ4v) is 5.86. The lowest BCUT2D eigenvalue weighted by Crippen LogP contribution is -2.35. The number of ether oxygens (including phenoxy) is 2. The molecule has 0 spiro atoms. The molecule has 5 rings (SSSR count). The minimum atomic E-state index is -2.97. The molecule has 0 atom stereocenters. The van der Waals surface area contributed by atoms with Crippen LogP contribution in [0.1, 0.15) is 47.7 Å². The molecule has 0 bridgehead atoms. The largest absolute Gasteiger partial charge is 0.434 e. The molecular weight excluding hydrogens is 504 g/mol. The van der Waals surface area contributed by atoms with E-state index in [4.69, 9.17) is 20.3 Å².